The average molecular weight is 324 g/mol. The molecule has 0 bridgehead atoms. The van der Waals surface area contributed by atoms with Crippen LogP contribution in [0.3, 0.4) is 0 Å². The monoisotopic (exact) mass is 324 g/mol. The molecule has 2 rings (SSSR count). The molecule has 2 atom stereocenters. The summed E-state index contributed by atoms with van der Waals surface area (Å²) in [5, 5.41) is 9.24. The van der Waals surface area contributed by atoms with Gasteiger partial charge < -0.3 is 14.4 Å². The van der Waals surface area contributed by atoms with E-state index in [0.717, 1.165) is 5.69 Å². The summed E-state index contributed by atoms with van der Waals surface area (Å²) < 4.78 is 10.8. The quantitative estimate of drug-likeness (QED) is 0.577. The molecule has 2 aromatic carbocycles. The zero-order chi connectivity index (χ0) is 17.4. The molecule has 0 saturated carbocycles. The van der Waals surface area contributed by atoms with E-state index < -0.39 is 18.2 Å². The number of carbonyl (C=O) groups excluding carboxylic acids is 1. The molecule has 24 heavy (non-hydrogen) atoms. The first kappa shape index (κ1) is 17.4. The maximum Gasteiger partial charge on any atom is 0.346 e. The molecule has 124 valence electrons. The second kappa shape index (κ2) is 8.59. The van der Waals surface area contributed by atoms with Crippen LogP contribution in [-0.2, 0) is 9.53 Å². The standard InChI is InChI=1S/C19H20N2O3/c1-15(13-20)21(17-9-5-3-6-10-17)16(2)24-19(22)14-23-18-11-7-4-8-12-18/h3-12,15-16H,14H2,1-2H3. The summed E-state index contributed by atoms with van der Waals surface area (Å²) in [6, 6.07) is 20.2. The van der Waals surface area contributed by atoms with Crippen LogP contribution in [0.25, 0.3) is 0 Å². The SMILES string of the molecule is CC(C#N)N(c1ccccc1)C(C)OC(=O)COc1ccccc1. The first-order chi connectivity index (χ1) is 11.6. The number of hydrogen-bond donors (Lipinski definition) is 0. The second-order valence-electron chi connectivity index (χ2n) is 5.24. The lowest BCUT2D eigenvalue weighted by Gasteiger charge is -2.32. The summed E-state index contributed by atoms with van der Waals surface area (Å²) in [5.74, 6) is 0.116. The van der Waals surface area contributed by atoms with Crippen molar-refractivity contribution < 1.29 is 14.3 Å². The topological polar surface area (TPSA) is 62.6 Å². The molecular formula is C19H20N2O3. The minimum Gasteiger partial charge on any atom is -0.482 e. The molecule has 0 aliphatic carbocycles. The predicted octanol–water partition coefficient (Wildman–Crippen LogP) is 3.37. The number of carbonyl (C=O) groups is 1. The Morgan fingerprint density at radius 3 is 2.25 bits per heavy atom. The number of ether oxygens (including phenoxy) is 2. The van der Waals surface area contributed by atoms with Crippen molar-refractivity contribution in [2.24, 2.45) is 0 Å². The van der Waals surface area contributed by atoms with Crippen molar-refractivity contribution in [2.45, 2.75) is 26.1 Å². The molecule has 5 heteroatoms. The van der Waals surface area contributed by atoms with Crippen molar-refractivity contribution in [3.63, 3.8) is 0 Å². The first-order valence-electron chi connectivity index (χ1n) is 7.72. The van der Waals surface area contributed by atoms with Crippen LogP contribution in [0.15, 0.2) is 60.7 Å². The van der Waals surface area contributed by atoms with Crippen LogP contribution in [0.1, 0.15) is 13.8 Å². The fraction of sp³-hybridized carbons (Fsp3) is 0.263. The molecule has 0 fully saturated rings. The molecule has 0 aliphatic rings. The van der Waals surface area contributed by atoms with Crippen molar-refractivity contribution in [1.29, 1.82) is 5.26 Å². The van der Waals surface area contributed by atoms with Crippen LogP contribution in [0.5, 0.6) is 5.75 Å². The maximum atomic E-state index is 12.0. The Morgan fingerprint density at radius 2 is 1.67 bits per heavy atom. The van der Waals surface area contributed by atoms with E-state index in [4.69, 9.17) is 9.47 Å². The van der Waals surface area contributed by atoms with Crippen molar-refractivity contribution in [3.05, 3.63) is 60.7 Å². The van der Waals surface area contributed by atoms with Crippen molar-refractivity contribution in [3.8, 4) is 11.8 Å². The minimum atomic E-state index is -0.589. The Balaban J connectivity index is 1.98. The summed E-state index contributed by atoms with van der Waals surface area (Å²) in [4.78, 5) is 13.8. The van der Waals surface area contributed by atoms with E-state index >= 15 is 0 Å². The van der Waals surface area contributed by atoms with Gasteiger partial charge in [-0.15, -0.1) is 0 Å². The lowest BCUT2D eigenvalue weighted by Crippen LogP contribution is -2.43. The van der Waals surface area contributed by atoms with E-state index in [2.05, 4.69) is 6.07 Å². The fourth-order valence-corrected chi connectivity index (χ4v) is 2.35. The highest BCUT2D eigenvalue weighted by Crippen LogP contribution is 2.20. The molecule has 0 spiro atoms. The van der Waals surface area contributed by atoms with Crippen LogP contribution in [-0.4, -0.2) is 24.8 Å². The van der Waals surface area contributed by atoms with Gasteiger partial charge in [-0.2, -0.15) is 5.26 Å². The smallest absolute Gasteiger partial charge is 0.346 e. The highest BCUT2D eigenvalue weighted by Gasteiger charge is 2.23. The predicted molar refractivity (Wildman–Crippen MR) is 91.5 cm³/mol. The van der Waals surface area contributed by atoms with E-state index in [9.17, 15) is 10.1 Å². The van der Waals surface area contributed by atoms with E-state index in [0.29, 0.717) is 5.75 Å². The van der Waals surface area contributed by atoms with Gasteiger partial charge in [0, 0.05) is 5.69 Å². The van der Waals surface area contributed by atoms with Gasteiger partial charge in [-0.1, -0.05) is 36.4 Å². The first-order valence-corrected chi connectivity index (χ1v) is 7.72. The Labute approximate surface area is 142 Å². The average Bonchev–Trinajstić information content (AvgIpc) is 2.61. The fourth-order valence-electron chi connectivity index (χ4n) is 2.35. The van der Waals surface area contributed by atoms with Gasteiger partial charge in [0.05, 0.1) is 6.07 Å². The number of para-hydroxylation sites is 2. The number of nitriles is 1. The van der Waals surface area contributed by atoms with Crippen molar-refractivity contribution >= 4 is 11.7 Å². The van der Waals surface area contributed by atoms with Gasteiger partial charge in [0.1, 0.15) is 11.8 Å². The second-order valence-corrected chi connectivity index (χ2v) is 5.24. The summed E-state index contributed by atoms with van der Waals surface area (Å²) in [6.07, 6.45) is -0.589. The molecule has 0 aliphatic heterocycles. The molecule has 0 aromatic heterocycles. The third kappa shape index (κ3) is 4.75. The zero-order valence-electron chi connectivity index (χ0n) is 13.8. The molecule has 2 unspecified atom stereocenters. The normalized spacial score (nSPS) is 12.5. The van der Waals surface area contributed by atoms with Gasteiger partial charge in [-0.3, -0.25) is 0 Å². The molecule has 5 nitrogen and oxygen atoms in total. The van der Waals surface area contributed by atoms with Crippen LogP contribution < -0.4 is 9.64 Å². The highest BCUT2D eigenvalue weighted by atomic mass is 16.6. The van der Waals surface area contributed by atoms with Gasteiger partial charge in [-0.25, -0.2) is 4.79 Å². The lowest BCUT2D eigenvalue weighted by molar-refractivity contribution is -0.150. The van der Waals surface area contributed by atoms with Crippen molar-refractivity contribution in [2.75, 3.05) is 11.5 Å². The third-order valence-electron chi connectivity index (χ3n) is 3.45. The summed E-state index contributed by atoms with van der Waals surface area (Å²) >= 11 is 0. The summed E-state index contributed by atoms with van der Waals surface area (Å²) in [5.41, 5.74) is 0.816. The Hall–Kier alpha value is -3.00. The molecule has 0 heterocycles. The largest absolute Gasteiger partial charge is 0.482 e. The van der Waals surface area contributed by atoms with Crippen LogP contribution in [0.2, 0.25) is 0 Å². The van der Waals surface area contributed by atoms with Gasteiger partial charge in [0.15, 0.2) is 12.8 Å². The molecular weight excluding hydrogens is 304 g/mol. The number of esters is 1. The van der Waals surface area contributed by atoms with Crippen LogP contribution in [0, 0.1) is 11.3 Å². The van der Waals surface area contributed by atoms with Gasteiger partial charge in [0.25, 0.3) is 0 Å². The summed E-state index contributed by atoms with van der Waals surface area (Å²) in [7, 11) is 0. The number of benzene rings is 2. The molecule has 0 N–H and O–H groups in total. The zero-order valence-corrected chi connectivity index (χ0v) is 13.8. The number of rotatable bonds is 7. The van der Waals surface area contributed by atoms with E-state index in [-0.39, 0.29) is 6.61 Å². The molecule has 0 amide bonds. The van der Waals surface area contributed by atoms with E-state index in [1.165, 1.54) is 0 Å². The molecule has 0 radical (unpaired) electrons. The Morgan fingerprint density at radius 1 is 1.08 bits per heavy atom. The van der Waals surface area contributed by atoms with Gasteiger partial charge in [0.2, 0.25) is 0 Å². The summed E-state index contributed by atoms with van der Waals surface area (Å²) in [6.45, 7) is 3.32. The maximum absolute atomic E-state index is 12.0. The number of anilines is 1. The number of hydrogen-bond acceptors (Lipinski definition) is 5. The van der Waals surface area contributed by atoms with Crippen LogP contribution in [0.4, 0.5) is 5.69 Å². The third-order valence-corrected chi connectivity index (χ3v) is 3.45. The number of nitrogens with zero attached hydrogens (tertiary/aromatic N) is 2. The molecule has 0 saturated heterocycles. The van der Waals surface area contributed by atoms with Crippen LogP contribution >= 0.6 is 0 Å². The minimum absolute atomic E-state index is 0.183. The van der Waals surface area contributed by atoms with Gasteiger partial charge >= 0.3 is 5.97 Å². The van der Waals surface area contributed by atoms with E-state index in [1.807, 2.05) is 48.5 Å². The Bertz CT molecular complexity index is 683. The Kier molecular flexibility index (Phi) is 6.21. The molecule has 2 aromatic rings. The highest BCUT2D eigenvalue weighted by molar-refractivity contribution is 5.71. The van der Waals surface area contributed by atoms with Gasteiger partial charge in [-0.05, 0) is 38.1 Å². The van der Waals surface area contributed by atoms with Crippen molar-refractivity contribution in [1.82, 2.24) is 0 Å². The van der Waals surface area contributed by atoms with E-state index in [1.54, 1.807) is 30.9 Å². The lowest BCUT2D eigenvalue weighted by atomic mass is 10.2.